The van der Waals surface area contributed by atoms with Crippen LogP contribution in [0.5, 0.6) is 0 Å². The highest BCUT2D eigenvalue weighted by atomic mass is 35.5. The first-order valence-corrected chi connectivity index (χ1v) is 9.54. The van der Waals surface area contributed by atoms with Crippen molar-refractivity contribution in [3.8, 4) is 0 Å². The third-order valence-electron chi connectivity index (χ3n) is 4.67. The number of rotatable bonds is 5. The van der Waals surface area contributed by atoms with Gasteiger partial charge in [-0.1, -0.05) is 48.0 Å². The number of nitrogen functional groups attached to an aromatic ring is 1. The van der Waals surface area contributed by atoms with Gasteiger partial charge in [-0.15, -0.1) is 0 Å². The molecule has 29 heavy (non-hydrogen) atoms. The summed E-state index contributed by atoms with van der Waals surface area (Å²) >= 11 is 5.87. The zero-order valence-electron chi connectivity index (χ0n) is 15.7. The summed E-state index contributed by atoms with van der Waals surface area (Å²) in [6.45, 7) is 2.70. The molecule has 5 nitrogen and oxygen atoms in total. The Labute approximate surface area is 173 Å². The Kier molecular flexibility index (Phi) is 5.18. The Morgan fingerprint density at radius 2 is 1.86 bits per heavy atom. The number of nitrogens with zero attached hydrogens (tertiary/aromatic N) is 3. The molecule has 0 saturated heterocycles. The van der Waals surface area contributed by atoms with Crippen LogP contribution in [0.1, 0.15) is 6.92 Å². The molecule has 0 spiro atoms. The molecule has 0 fully saturated rings. The summed E-state index contributed by atoms with van der Waals surface area (Å²) in [6.07, 6.45) is 1.45. The first kappa shape index (κ1) is 19.0. The van der Waals surface area contributed by atoms with Crippen LogP contribution in [0.2, 0.25) is 5.02 Å². The Bertz CT molecular complexity index is 1180. The molecular formula is C22H19ClFN5. The van der Waals surface area contributed by atoms with Gasteiger partial charge in [0.15, 0.2) is 11.6 Å². The van der Waals surface area contributed by atoms with Gasteiger partial charge >= 0.3 is 0 Å². The fourth-order valence-corrected chi connectivity index (χ4v) is 3.47. The molecule has 0 aliphatic heterocycles. The van der Waals surface area contributed by atoms with Gasteiger partial charge in [0.25, 0.3) is 0 Å². The van der Waals surface area contributed by atoms with Gasteiger partial charge in [0, 0.05) is 17.6 Å². The first-order valence-electron chi connectivity index (χ1n) is 9.16. The third kappa shape index (κ3) is 3.67. The average molecular weight is 408 g/mol. The zero-order chi connectivity index (χ0) is 20.4. The van der Waals surface area contributed by atoms with Crippen molar-refractivity contribution in [2.75, 3.05) is 22.5 Å². The molecule has 0 unspecified atom stereocenters. The predicted molar refractivity (Wildman–Crippen MR) is 118 cm³/mol. The van der Waals surface area contributed by atoms with Crippen molar-refractivity contribution in [2.24, 2.45) is 0 Å². The topological polar surface area (TPSA) is 67.1 Å². The molecular weight excluding hydrogens is 389 g/mol. The average Bonchev–Trinajstić information content (AvgIpc) is 2.74. The number of hydrogen-bond donors (Lipinski definition) is 2. The van der Waals surface area contributed by atoms with E-state index in [0.717, 1.165) is 16.5 Å². The van der Waals surface area contributed by atoms with Crippen LogP contribution in [0, 0.1) is 5.82 Å². The number of nitrogens with one attached hydrogen (secondary N) is 1. The van der Waals surface area contributed by atoms with Gasteiger partial charge in [-0.2, -0.15) is 0 Å². The van der Waals surface area contributed by atoms with Gasteiger partial charge < -0.3 is 16.0 Å². The number of aromatic nitrogens is 2. The summed E-state index contributed by atoms with van der Waals surface area (Å²) < 4.78 is 13.4. The largest absolute Gasteiger partial charge is 0.393 e. The van der Waals surface area contributed by atoms with E-state index in [4.69, 9.17) is 17.3 Å². The summed E-state index contributed by atoms with van der Waals surface area (Å²) in [6, 6.07) is 18.6. The van der Waals surface area contributed by atoms with Crippen LogP contribution in [-0.4, -0.2) is 16.5 Å². The summed E-state index contributed by atoms with van der Waals surface area (Å²) in [5, 5.41) is 5.36. The van der Waals surface area contributed by atoms with Crippen molar-refractivity contribution >= 4 is 51.1 Å². The van der Waals surface area contributed by atoms with Crippen LogP contribution < -0.4 is 16.0 Å². The van der Waals surface area contributed by atoms with Gasteiger partial charge in [-0.3, -0.25) is 0 Å². The maximum atomic E-state index is 13.4. The molecule has 0 atom stereocenters. The number of halogens is 2. The van der Waals surface area contributed by atoms with Gasteiger partial charge in [-0.25, -0.2) is 14.4 Å². The smallest absolute Gasteiger partial charge is 0.161 e. The van der Waals surface area contributed by atoms with E-state index in [1.54, 1.807) is 6.07 Å². The lowest BCUT2D eigenvalue weighted by atomic mass is 10.1. The minimum Gasteiger partial charge on any atom is -0.393 e. The zero-order valence-corrected chi connectivity index (χ0v) is 16.5. The molecule has 4 rings (SSSR count). The highest BCUT2D eigenvalue weighted by Gasteiger charge is 2.18. The minimum absolute atomic E-state index is 0.0220. The van der Waals surface area contributed by atoms with E-state index in [2.05, 4.69) is 33.5 Å². The number of hydrogen-bond acceptors (Lipinski definition) is 5. The third-order valence-corrected chi connectivity index (χ3v) is 4.96. The quantitative estimate of drug-likeness (QED) is 0.430. The Morgan fingerprint density at radius 1 is 1.07 bits per heavy atom. The van der Waals surface area contributed by atoms with E-state index in [0.29, 0.717) is 29.6 Å². The minimum atomic E-state index is -0.485. The maximum Gasteiger partial charge on any atom is 0.161 e. The summed E-state index contributed by atoms with van der Waals surface area (Å²) in [5.41, 5.74) is 8.40. The van der Waals surface area contributed by atoms with Crippen molar-refractivity contribution in [1.29, 1.82) is 0 Å². The van der Waals surface area contributed by atoms with Gasteiger partial charge in [-0.05, 0) is 36.6 Å². The second-order valence-electron chi connectivity index (χ2n) is 6.46. The van der Waals surface area contributed by atoms with Crippen LogP contribution >= 0.6 is 11.6 Å². The van der Waals surface area contributed by atoms with E-state index < -0.39 is 5.82 Å². The fraction of sp³-hybridized carbons (Fsp3) is 0.0909. The summed E-state index contributed by atoms with van der Waals surface area (Å²) in [5.74, 6) is 0.535. The van der Waals surface area contributed by atoms with Gasteiger partial charge in [0.2, 0.25) is 0 Å². The number of anilines is 5. The van der Waals surface area contributed by atoms with Gasteiger partial charge in [0.05, 0.1) is 10.7 Å². The maximum absolute atomic E-state index is 13.4. The molecule has 0 saturated carbocycles. The monoisotopic (exact) mass is 407 g/mol. The Hall–Kier alpha value is -3.38. The fourth-order valence-electron chi connectivity index (χ4n) is 3.29. The standard InChI is InChI=1S/C22H19ClFN5/c1-2-29(19-9-5-7-14-6-3-4-8-16(14)19)22-20(25)21(26-13-27-22)28-15-10-11-18(24)17(23)12-15/h3-13H,2,25H2,1H3,(H,26,27,28). The van der Waals surface area contributed by atoms with E-state index in [1.165, 1.54) is 18.5 Å². The van der Waals surface area contributed by atoms with E-state index in [1.807, 2.05) is 36.1 Å². The van der Waals surface area contributed by atoms with Crippen molar-refractivity contribution in [2.45, 2.75) is 6.92 Å². The second kappa shape index (κ2) is 7.93. The molecule has 7 heteroatoms. The van der Waals surface area contributed by atoms with Crippen LogP contribution in [0.25, 0.3) is 10.8 Å². The lowest BCUT2D eigenvalue weighted by Crippen LogP contribution is -2.20. The SMILES string of the molecule is CCN(c1ncnc(Nc2ccc(F)c(Cl)c2)c1N)c1cccc2ccccc12. The molecule has 0 radical (unpaired) electrons. The van der Waals surface area contributed by atoms with Crippen LogP contribution in [0.3, 0.4) is 0 Å². The highest BCUT2D eigenvalue weighted by molar-refractivity contribution is 6.31. The molecule has 1 heterocycles. The van der Waals surface area contributed by atoms with Crippen molar-refractivity contribution in [3.63, 3.8) is 0 Å². The molecule has 0 aliphatic rings. The van der Waals surface area contributed by atoms with E-state index >= 15 is 0 Å². The number of benzene rings is 3. The van der Waals surface area contributed by atoms with Crippen LogP contribution in [-0.2, 0) is 0 Å². The van der Waals surface area contributed by atoms with Crippen molar-refractivity contribution in [1.82, 2.24) is 9.97 Å². The molecule has 4 aromatic rings. The lowest BCUT2D eigenvalue weighted by Gasteiger charge is -2.25. The van der Waals surface area contributed by atoms with Crippen molar-refractivity contribution in [3.05, 3.63) is 77.8 Å². The predicted octanol–water partition coefficient (Wildman–Crippen LogP) is 5.91. The van der Waals surface area contributed by atoms with Crippen molar-refractivity contribution < 1.29 is 4.39 Å². The Morgan fingerprint density at radius 3 is 2.66 bits per heavy atom. The molecule has 3 aromatic carbocycles. The van der Waals surface area contributed by atoms with E-state index in [9.17, 15) is 4.39 Å². The van der Waals surface area contributed by atoms with Gasteiger partial charge in [0.1, 0.15) is 17.8 Å². The summed E-state index contributed by atoms with van der Waals surface area (Å²) in [4.78, 5) is 10.7. The first-order chi connectivity index (χ1) is 14.1. The summed E-state index contributed by atoms with van der Waals surface area (Å²) in [7, 11) is 0. The molecule has 3 N–H and O–H groups in total. The van der Waals surface area contributed by atoms with Crippen LogP contribution in [0.4, 0.5) is 33.1 Å². The highest BCUT2D eigenvalue weighted by Crippen LogP contribution is 2.36. The van der Waals surface area contributed by atoms with Crippen LogP contribution in [0.15, 0.2) is 67.0 Å². The normalized spacial score (nSPS) is 10.9. The number of nitrogens with two attached hydrogens (primary N) is 1. The molecule has 1 aromatic heterocycles. The molecule has 0 amide bonds. The van der Waals surface area contributed by atoms with E-state index in [-0.39, 0.29) is 5.02 Å². The second-order valence-corrected chi connectivity index (χ2v) is 6.86. The molecule has 0 aliphatic carbocycles. The Balaban J connectivity index is 1.75. The number of fused-ring (bicyclic) bond motifs is 1. The lowest BCUT2D eigenvalue weighted by molar-refractivity contribution is 0.628. The molecule has 0 bridgehead atoms. The molecule has 146 valence electrons.